The van der Waals surface area contributed by atoms with Crippen molar-refractivity contribution in [3.63, 3.8) is 0 Å². The second-order valence-electron chi connectivity index (χ2n) is 3.52. The van der Waals surface area contributed by atoms with E-state index in [0.29, 0.717) is 11.6 Å². The summed E-state index contributed by atoms with van der Waals surface area (Å²) in [6.45, 7) is 1.56. The number of aryl methyl sites for hydroxylation is 1. The average Bonchev–Trinajstić information content (AvgIpc) is 2.76. The van der Waals surface area contributed by atoms with Gasteiger partial charge in [-0.3, -0.25) is 4.79 Å². The zero-order valence-corrected chi connectivity index (χ0v) is 9.13. The SMILES string of the molecule is Cc1conc1C(=O)Nc1ccc(F)c(F)c1F. The van der Waals surface area contributed by atoms with Gasteiger partial charge in [0.2, 0.25) is 0 Å². The van der Waals surface area contributed by atoms with Crippen molar-refractivity contribution in [3.05, 3.63) is 47.1 Å². The fourth-order valence-corrected chi connectivity index (χ4v) is 1.31. The number of hydrogen-bond acceptors (Lipinski definition) is 3. The van der Waals surface area contributed by atoms with Crippen LogP contribution in [0.5, 0.6) is 0 Å². The van der Waals surface area contributed by atoms with E-state index in [1.165, 1.54) is 6.26 Å². The molecule has 0 atom stereocenters. The molecule has 0 saturated heterocycles. The van der Waals surface area contributed by atoms with Crippen LogP contribution in [0.2, 0.25) is 0 Å². The molecule has 0 fully saturated rings. The number of rotatable bonds is 2. The number of amides is 1. The topological polar surface area (TPSA) is 55.1 Å². The number of benzene rings is 1. The Hall–Kier alpha value is -2.31. The van der Waals surface area contributed by atoms with E-state index in [4.69, 9.17) is 0 Å². The summed E-state index contributed by atoms with van der Waals surface area (Å²) in [5.41, 5.74) is -0.0871. The molecule has 1 heterocycles. The molecule has 0 radical (unpaired) electrons. The van der Waals surface area contributed by atoms with E-state index in [-0.39, 0.29) is 5.69 Å². The van der Waals surface area contributed by atoms with Gasteiger partial charge in [0, 0.05) is 5.56 Å². The minimum Gasteiger partial charge on any atom is -0.364 e. The van der Waals surface area contributed by atoms with Crippen LogP contribution in [0.15, 0.2) is 22.9 Å². The Bertz CT molecular complexity index is 610. The molecular weight excluding hydrogens is 249 g/mol. The van der Waals surface area contributed by atoms with Crippen LogP contribution in [0, 0.1) is 24.4 Å². The molecule has 4 nitrogen and oxygen atoms in total. The average molecular weight is 256 g/mol. The van der Waals surface area contributed by atoms with Gasteiger partial charge in [-0.25, -0.2) is 13.2 Å². The van der Waals surface area contributed by atoms with Crippen molar-refractivity contribution >= 4 is 11.6 Å². The predicted molar refractivity (Wildman–Crippen MR) is 55.5 cm³/mol. The molecule has 2 aromatic rings. The van der Waals surface area contributed by atoms with Gasteiger partial charge in [0.05, 0.1) is 5.69 Å². The Morgan fingerprint density at radius 2 is 2.00 bits per heavy atom. The molecule has 2 rings (SSSR count). The number of aromatic nitrogens is 1. The Balaban J connectivity index is 2.28. The van der Waals surface area contributed by atoms with Crippen LogP contribution in [-0.4, -0.2) is 11.1 Å². The molecule has 1 aromatic carbocycles. The second-order valence-corrected chi connectivity index (χ2v) is 3.52. The Labute approximate surface area is 99.4 Å². The molecule has 94 valence electrons. The van der Waals surface area contributed by atoms with Crippen LogP contribution in [0.4, 0.5) is 18.9 Å². The second kappa shape index (κ2) is 4.52. The van der Waals surface area contributed by atoms with Gasteiger partial charge in [-0.05, 0) is 19.1 Å². The van der Waals surface area contributed by atoms with Gasteiger partial charge in [0.25, 0.3) is 5.91 Å². The van der Waals surface area contributed by atoms with Crippen molar-refractivity contribution < 1.29 is 22.5 Å². The molecule has 0 aliphatic rings. The van der Waals surface area contributed by atoms with Crippen LogP contribution in [0.1, 0.15) is 16.1 Å². The summed E-state index contributed by atoms with van der Waals surface area (Å²) in [4.78, 5) is 11.6. The lowest BCUT2D eigenvalue weighted by Gasteiger charge is -2.05. The van der Waals surface area contributed by atoms with Crippen LogP contribution < -0.4 is 5.32 Å². The van der Waals surface area contributed by atoms with E-state index in [0.717, 1.165) is 6.07 Å². The van der Waals surface area contributed by atoms with Crippen LogP contribution in [0.3, 0.4) is 0 Å². The van der Waals surface area contributed by atoms with Crippen molar-refractivity contribution in [1.29, 1.82) is 0 Å². The summed E-state index contributed by atoms with van der Waals surface area (Å²) in [6, 6.07) is 1.63. The first kappa shape index (κ1) is 12.2. The first-order valence-electron chi connectivity index (χ1n) is 4.86. The highest BCUT2D eigenvalue weighted by molar-refractivity contribution is 6.03. The van der Waals surface area contributed by atoms with E-state index >= 15 is 0 Å². The van der Waals surface area contributed by atoms with Gasteiger partial charge >= 0.3 is 0 Å². The molecule has 1 N–H and O–H groups in total. The number of hydrogen-bond donors (Lipinski definition) is 1. The maximum atomic E-state index is 13.3. The fourth-order valence-electron chi connectivity index (χ4n) is 1.31. The number of anilines is 1. The van der Waals surface area contributed by atoms with E-state index < -0.39 is 29.0 Å². The lowest BCUT2D eigenvalue weighted by Crippen LogP contribution is -2.15. The van der Waals surface area contributed by atoms with Crippen molar-refractivity contribution in [1.82, 2.24) is 5.16 Å². The molecule has 7 heteroatoms. The summed E-state index contributed by atoms with van der Waals surface area (Å²) in [7, 11) is 0. The van der Waals surface area contributed by atoms with E-state index in [1.54, 1.807) is 6.92 Å². The third kappa shape index (κ3) is 2.06. The summed E-state index contributed by atoms with van der Waals surface area (Å²) in [5, 5.41) is 5.48. The molecule has 0 bridgehead atoms. The van der Waals surface area contributed by atoms with Crippen molar-refractivity contribution in [2.75, 3.05) is 5.32 Å². The van der Waals surface area contributed by atoms with Gasteiger partial charge < -0.3 is 9.84 Å². The zero-order chi connectivity index (χ0) is 13.3. The summed E-state index contributed by atoms with van der Waals surface area (Å²) in [5.74, 6) is -5.22. The largest absolute Gasteiger partial charge is 0.364 e. The van der Waals surface area contributed by atoms with Crippen LogP contribution in [0.25, 0.3) is 0 Å². The fraction of sp³-hybridized carbons (Fsp3) is 0.0909. The minimum absolute atomic E-state index is 0.0564. The third-order valence-electron chi connectivity index (χ3n) is 2.25. The van der Waals surface area contributed by atoms with E-state index in [2.05, 4.69) is 15.0 Å². The van der Waals surface area contributed by atoms with Gasteiger partial charge in [-0.15, -0.1) is 0 Å². The quantitative estimate of drug-likeness (QED) is 0.840. The van der Waals surface area contributed by atoms with Crippen LogP contribution >= 0.6 is 0 Å². The van der Waals surface area contributed by atoms with Crippen molar-refractivity contribution in [3.8, 4) is 0 Å². The number of carbonyl (C=O) groups excluding carboxylic acids is 1. The third-order valence-corrected chi connectivity index (χ3v) is 2.25. The molecule has 0 aliphatic heterocycles. The van der Waals surface area contributed by atoms with Gasteiger partial charge in [-0.1, -0.05) is 5.16 Å². The van der Waals surface area contributed by atoms with Gasteiger partial charge in [0.1, 0.15) is 6.26 Å². The normalized spacial score (nSPS) is 10.4. The molecule has 0 saturated carbocycles. The maximum Gasteiger partial charge on any atom is 0.278 e. The van der Waals surface area contributed by atoms with Gasteiger partial charge in [0.15, 0.2) is 23.1 Å². The first-order chi connectivity index (χ1) is 8.50. The highest BCUT2D eigenvalue weighted by Gasteiger charge is 2.18. The molecule has 1 aromatic heterocycles. The smallest absolute Gasteiger partial charge is 0.278 e. The first-order valence-corrected chi connectivity index (χ1v) is 4.86. The minimum atomic E-state index is -1.65. The summed E-state index contributed by atoms with van der Waals surface area (Å²) in [6.07, 6.45) is 1.23. The highest BCUT2D eigenvalue weighted by atomic mass is 19.2. The lowest BCUT2D eigenvalue weighted by atomic mass is 10.2. The number of nitrogens with zero attached hydrogens (tertiary/aromatic N) is 1. The number of nitrogens with one attached hydrogen (secondary N) is 1. The zero-order valence-electron chi connectivity index (χ0n) is 9.13. The van der Waals surface area contributed by atoms with E-state index in [9.17, 15) is 18.0 Å². The number of halogens is 3. The standard InChI is InChI=1S/C11H7F3N2O2/c1-5-4-18-16-10(5)11(17)15-7-3-2-6(12)8(13)9(7)14/h2-4H,1H3,(H,15,17). The maximum absolute atomic E-state index is 13.3. The van der Waals surface area contributed by atoms with E-state index in [1.807, 2.05) is 0 Å². The van der Waals surface area contributed by atoms with Gasteiger partial charge in [-0.2, -0.15) is 0 Å². The molecule has 1 amide bonds. The Morgan fingerprint density at radius 3 is 2.61 bits per heavy atom. The van der Waals surface area contributed by atoms with Crippen molar-refractivity contribution in [2.24, 2.45) is 0 Å². The Kier molecular flexibility index (Phi) is 3.05. The summed E-state index contributed by atoms with van der Waals surface area (Å²) < 4.78 is 43.4. The monoisotopic (exact) mass is 256 g/mol. The molecule has 18 heavy (non-hydrogen) atoms. The molecule has 0 spiro atoms. The van der Waals surface area contributed by atoms with Crippen molar-refractivity contribution in [2.45, 2.75) is 6.92 Å². The van der Waals surface area contributed by atoms with Crippen LogP contribution in [-0.2, 0) is 0 Å². The summed E-state index contributed by atoms with van der Waals surface area (Å²) >= 11 is 0. The predicted octanol–water partition coefficient (Wildman–Crippen LogP) is 2.65. The molecule has 0 unspecified atom stereocenters. The number of carbonyl (C=O) groups is 1. The lowest BCUT2D eigenvalue weighted by molar-refractivity contribution is 0.101. The molecular formula is C11H7F3N2O2. The Morgan fingerprint density at radius 1 is 1.28 bits per heavy atom. The highest BCUT2D eigenvalue weighted by Crippen LogP contribution is 2.20. The molecule has 0 aliphatic carbocycles.